The van der Waals surface area contributed by atoms with Crippen molar-refractivity contribution in [2.24, 2.45) is 0 Å². The molecule has 0 aliphatic heterocycles. The lowest BCUT2D eigenvalue weighted by Crippen LogP contribution is -2.45. The van der Waals surface area contributed by atoms with Crippen LogP contribution in [0.1, 0.15) is 264 Å². The topological polar surface area (TPSA) is 105 Å². The first-order chi connectivity index (χ1) is 35.5. The van der Waals surface area contributed by atoms with Crippen LogP contribution in [-0.2, 0) is 18.4 Å². The number of hydrogen-bond acceptors (Lipinski definition) is 5. The van der Waals surface area contributed by atoms with Crippen molar-refractivity contribution in [1.29, 1.82) is 0 Å². The third kappa shape index (κ3) is 57.2. The van der Waals surface area contributed by atoms with Crippen molar-refractivity contribution in [3.05, 3.63) is 85.1 Å². The Labute approximate surface area is 452 Å². The van der Waals surface area contributed by atoms with Crippen molar-refractivity contribution in [1.82, 2.24) is 5.32 Å². The summed E-state index contributed by atoms with van der Waals surface area (Å²) in [5.74, 6) is -0.191. The van der Waals surface area contributed by atoms with Gasteiger partial charge in [0.05, 0.1) is 39.9 Å². The van der Waals surface area contributed by atoms with Gasteiger partial charge < -0.3 is 19.8 Å². The van der Waals surface area contributed by atoms with E-state index in [1.165, 1.54) is 173 Å². The van der Waals surface area contributed by atoms with Crippen LogP contribution in [0.15, 0.2) is 85.1 Å². The number of amides is 1. The fourth-order valence-corrected chi connectivity index (χ4v) is 9.33. The molecule has 0 aromatic rings. The maximum absolute atomic E-state index is 13.0. The van der Waals surface area contributed by atoms with E-state index in [1.807, 2.05) is 27.2 Å². The number of nitrogens with zero attached hydrogens (tertiary/aromatic N) is 1. The van der Waals surface area contributed by atoms with Crippen molar-refractivity contribution >= 4 is 13.7 Å². The summed E-state index contributed by atoms with van der Waals surface area (Å²) in [6, 6.07) is -0.874. The normalized spacial score (nSPS) is 14.5. The van der Waals surface area contributed by atoms with Gasteiger partial charge in [-0.3, -0.25) is 13.8 Å². The van der Waals surface area contributed by atoms with Crippen molar-refractivity contribution in [3.63, 3.8) is 0 Å². The molecule has 8 nitrogen and oxygen atoms in total. The second-order valence-corrected chi connectivity index (χ2v) is 23.1. The number of hydrogen-bond donors (Lipinski definition) is 3. The monoisotopic (exact) mass is 1040 g/mol. The predicted molar refractivity (Wildman–Crippen MR) is 318 cm³/mol. The molecule has 9 heteroatoms. The number of aliphatic hydroxyl groups excluding tert-OH is 1. The Bertz CT molecular complexity index is 1460. The first kappa shape index (κ1) is 70.7. The van der Waals surface area contributed by atoms with E-state index in [0.717, 1.165) is 70.6 Å². The van der Waals surface area contributed by atoms with Gasteiger partial charge in [0, 0.05) is 6.42 Å². The van der Waals surface area contributed by atoms with Gasteiger partial charge in [0.2, 0.25) is 5.91 Å². The highest BCUT2D eigenvalue weighted by atomic mass is 31.2. The first-order valence-corrected chi connectivity index (χ1v) is 32.0. The van der Waals surface area contributed by atoms with Crippen LogP contribution in [0.2, 0.25) is 0 Å². The van der Waals surface area contributed by atoms with Gasteiger partial charge in [-0.25, -0.2) is 4.57 Å². The Morgan fingerprint density at radius 2 is 0.836 bits per heavy atom. The molecule has 1 amide bonds. The largest absolute Gasteiger partial charge is 0.472 e. The van der Waals surface area contributed by atoms with Crippen LogP contribution < -0.4 is 5.32 Å². The van der Waals surface area contributed by atoms with Crippen LogP contribution in [0.4, 0.5) is 0 Å². The van der Waals surface area contributed by atoms with Crippen LogP contribution in [0.5, 0.6) is 0 Å². The van der Waals surface area contributed by atoms with Gasteiger partial charge in [-0.1, -0.05) is 259 Å². The molecule has 0 radical (unpaired) electrons. The van der Waals surface area contributed by atoms with Crippen molar-refractivity contribution < 1.29 is 32.9 Å². The number of phosphoric acid groups is 1. The summed E-state index contributed by atoms with van der Waals surface area (Å²) in [5, 5.41) is 13.9. The molecule has 0 rings (SSSR count). The molecular weight excluding hydrogens is 924 g/mol. The molecule has 0 spiro atoms. The molecule has 73 heavy (non-hydrogen) atoms. The summed E-state index contributed by atoms with van der Waals surface area (Å²) < 4.78 is 23.7. The number of allylic oxidation sites excluding steroid dienone is 13. The second kappa shape index (κ2) is 54.5. The number of aliphatic hydroxyl groups is 1. The number of rotatable bonds is 55. The van der Waals surface area contributed by atoms with E-state index in [4.69, 9.17) is 9.05 Å². The average molecular weight is 1040 g/mol. The lowest BCUT2D eigenvalue weighted by molar-refractivity contribution is -0.870. The molecule has 0 aromatic heterocycles. The number of quaternary nitrogens is 1. The Balaban J connectivity index is 4.21. The van der Waals surface area contributed by atoms with E-state index in [2.05, 4.69) is 92.1 Å². The van der Waals surface area contributed by atoms with E-state index >= 15 is 0 Å². The highest BCUT2D eigenvalue weighted by Crippen LogP contribution is 2.43. The highest BCUT2D eigenvalue weighted by molar-refractivity contribution is 7.47. The van der Waals surface area contributed by atoms with Crippen molar-refractivity contribution in [3.8, 4) is 0 Å². The second-order valence-electron chi connectivity index (χ2n) is 21.7. The summed E-state index contributed by atoms with van der Waals surface area (Å²) in [4.78, 5) is 23.3. The Hall–Kier alpha value is -2.32. The minimum Gasteiger partial charge on any atom is -0.387 e. The van der Waals surface area contributed by atoms with Gasteiger partial charge in [-0.15, -0.1) is 0 Å². The number of carbonyl (C=O) groups excluding carboxylic acids is 1. The van der Waals surface area contributed by atoms with E-state index in [0.29, 0.717) is 17.4 Å². The molecule has 0 aromatic carbocycles. The summed E-state index contributed by atoms with van der Waals surface area (Å²) in [5.41, 5.74) is 0. The number of phosphoric ester groups is 1. The van der Waals surface area contributed by atoms with Crippen LogP contribution in [0.25, 0.3) is 0 Å². The minimum atomic E-state index is -4.36. The first-order valence-electron chi connectivity index (χ1n) is 30.5. The molecule has 3 unspecified atom stereocenters. The van der Waals surface area contributed by atoms with Crippen molar-refractivity contribution in [2.75, 3.05) is 40.9 Å². The standard InChI is InChI=1S/C64H117N2O6P/c1-6-8-10-12-14-16-18-20-22-24-26-28-30-31-32-33-34-35-36-38-40-42-44-46-48-50-52-54-56-58-64(68)65-62(61-72-73(69,70)71-60-59-66(3,4)5)63(67)57-55-53-51-49-47-45-43-41-39-37-29-27-25-23-21-19-17-15-13-11-9-7-2/h8,10,14,16,20,22,26,28,39,41,47,49,55,57,62-63,67H,6-7,9,11-13,15,17-19,21,23-25,27,29-38,40,42-46,48,50-54,56,58-61H2,1-5H3,(H-,65,68,69,70)/p+1/b10-8-,16-14-,22-20-,28-26-,41-39+,49-47+,57-55+. The number of nitrogens with one attached hydrogen (secondary N) is 1. The predicted octanol–water partition coefficient (Wildman–Crippen LogP) is 18.8. The number of carbonyl (C=O) groups is 1. The van der Waals surface area contributed by atoms with E-state index in [9.17, 15) is 19.4 Å². The zero-order valence-corrected chi connectivity index (χ0v) is 49.3. The van der Waals surface area contributed by atoms with E-state index in [1.54, 1.807) is 6.08 Å². The van der Waals surface area contributed by atoms with Crippen molar-refractivity contribution in [2.45, 2.75) is 276 Å². The molecule has 0 aliphatic rings. The summed E-state index contributed by atoms with van der Waals surface area (Å²) in [7, 11) is 1.54. The molecule has 3 N–H and O–H groups in total. The highest BCUT2D eigenvalue weighted by Gasteiger charge is 2.27. The summed E-state index contributed by atoms with van der Waals surface area (Å²) in [6.07, 6.45) is 77.0. The van der Waals surface area contributed by atoms with Gasteiger partial charge >= 0.3 is 7.82 Å². The molecule has 424 valence electrons. The quantitative estimate of drug-likeness (QED) is 0.0243. The SMILES string of the molecule is CC/C=C\C/C=C\C/C=C\C/C=C\CCCCCCCCCCCCCCCCCCC(=O)NC(COP(=O)(O)OCC[N+](C)(C)C)C(O)/C=C/CC/C=C/CC/C=C/CCCCCCCCCCCCCC. The Morgan fingerprint density at radius 3 is 1.26 bits per heavy atom. The summed E-state index contributed by atoms with van der Waals surface area (Å²) in [6.45, 7) is 4.69. The maximum atomic E-state index is 13.0. The van der Waals surface area contributed by atoms with Gasteiger partial charge in [0.15, 0.2) is 0 Å². The van der Waals surface area contributed by atoms with Crippen LogP contribution in [-0.4, -0.2) is 73.4 Å². The Morgan fingerprint density at radius 1 is 0.479 bits per heavy atom. The minimum absolute atomic E-state index is 0.0512. The van der Waals surface area contributed by atoms with Gasteiger partial charge in [0.1, 0.15) is 13.2 Å². The molecule has 0 aliphatic carbocycles. The Kier molecular flexibility index (Phi) is 52.7. The molecule has 3 atom stereocenters. The van der Waals surface area contributed by atoms with E-state index < -0.39 is 20.0 Å². The summed E-state index contributed by atoms with van der Waals surface area (Å²) >= 11 is 0. The molecule has 0 heterocycles. The molecular formula is C64H118N2O6P+. The third-order valence-electron chi connectivity index (χ3n) is 13.3. The molecule has 0 bridgehead atoms. The zero-order valence-electron chi connectivity index (χ0n) is 48.4. The van der Waals surface area contributed by atoms with Gasteiger partial charge in [0.25, 0.3) is 0 Å². The van der Waals surface area contributed by atoms with Crippen LogP contribution >= 0.6 is 7.82 Å². The van der Waals surface area contributed by atoms with Crippen LogP contribution in [0.3, 0.4) is 0 Å². The molecule has 0 saturated carbocycles. The van der Waals surface area contributed by atoms with Crippen LogP contribution in [0, 0.1) is 0 Å². The molecule has 0 fully saturated rings. The fourth-order valence-electron chi connectivity index (χ4n) is 8.60. The number of unbranched alkanes of at least 4 members (excludes halogenated alkanes) is 30. The lowest BCUT2D eigenvalue weighted by Gasteiger charge is -2.25. The van der Waals surface area contributed by atoms with Gasteiger partial charge in [-0.05, 0) is 83.5 Å². The van der Waals surface area contributed by atoms with E-state index in [-0.39, 0.29) is 19.1 Å². The lowest BCUT2D eigenvalue weighted by atomic mass is 10.0. The number of likely N-dealkylation sites (N-methyl/N-ethyl adjacent to an activating group) is 1. The fraction of sp³-hybridized carbons (Fsp3) is 0.766. The zero-order chi connectivity index (χ0) is 53.5. The average Bonchev–Trinajstić information content (AvgIpc) is 3.35. The van der Waals surface area contributed by atoms with Gasteiger partial charge in [-0.2, -0.15) is 0 Å². The third-order valence-corrected chi connectivity index (χ3v) is 14.3. The smallest absolute Gasteiger partial charge is 0.387 e. The molecule has 0 saturated heterocycles. The maximum Gasteiger partial charge on any atom is 0.472 e.